The van der Waals surface area contributed by atoms with Crippen LogP contribution in [0.4, 0.5) is 0 Å². The van der Waals surface area contributed by atoms with Crippen molar-refractivity contribution in [1.29, 1.82) is 0 Å². The number of rotatable bonds is 10. The van der Waals surface area contributed by atoms with Crippen molar-refractivity contribution in [1.82, 2.24) is 5.32 Å². The molecule has 1 rings (SSSR count). The molecule has 0 aliphatic heterocycles. The first-order chi connectivity index (χ1) is 9.09. The Hall–Kier alpha value is -0.880. The summed E-state index contributed by atoms with van der Waals surface area (Å²) in [5.41, 5.74) is 0. The summed E-state index contributed by atoms with van der Waals surface area (Å²) in [6, 6.07) is 3.83. The molecule has 1 heterocycles. The molecule has 0 aliphatic rings. The number of nitrogens with one attached hydrogen (secondary N) is 1. The zero-order valence-corrected chi connectivity index (χ0v) is 12.0. The molecule has 0 saturated carbocycles. The molecule has 1 aromatic rings. The van der Waals surface area contributed by atoms with Crippen LogP contribution in [0.2, 0.25) is 0 Å². The van der Waals surface area contributed by atoms with Gasteiger partial charge in [-0.15, -0.1) is 0 Å². The van der Waals surface area contributed by atoms with E-state index in [1.165, 1.54) is 0 Å². The molecule has 0 spiro atoms. The predicted octanol–water partition coefficient (Wildman–Crippen LogP) is 1.73. The normalized spacial score (nSPS) is 14.8. The third-order valence-electron chi connectivity index (χ3n) is 2.62. The largest absolute Gasteiger partial charge is 0.468 e. The minimum atomic E-state index is -0.531. The number of furan rings is 1. The average Bonchev–Trinajstić information content (AvgIpc) is 2.89. The average molecular weight is 271 g/mol. The number of aliphatic hydroxyl groups is 1. The van der Waals surface area contributed by atoms with Crippen LogP contribution in [-0.4, -0.2) is 43.7 Å². The van der Waals surface area contributed by atoms with E-state index in [4.69, 9.17) is 13.9 Å². The number of hydrogen-bond donors (Lipinski definition) is 2. The fourth-order valence-corrected chi connectivity index (χ4v) is 1.57. The van der Waals surface area contributed by atoms with Crippen molar-refractivity contribution >= 4 is 0 Å². The van der Waals surface area contributed by atoms with Gasteiger partial charge in [-0.1, -0.05) is 0 Å². The second-order valence-corrected chi connectivity index (χ2v) is 4.79. The molecule has 0 aromatic carbocycles. The van der Waals surface area contributed by atoms with Gasteiger partial charge in [-0.25, -0.2) is 0 Å². The predicted molar refractivity (Wildman–Crippen MR) is 73.0 cm³/mol. The van der Waals surface area contributed by atoms with E-state index in [1.807, 2.05) is 32.9 Å². The van der Waals surface area contributed by atoms with E-state index in [1.54, 1.807) is 6.26 Å². The maximum Gasteiger partial charge on any atom is 0.120 e. The van der Waals surface area contributed by atoms with Gasteiger partial charge in [0.2, 0.25) is 0 Å². The van der Waals surface area contributed by atoms with Crippen molar-refractivity contribution in [3.05, 3.63) is 24.2 Å². The lowest BCUT2D eigenvalue weighted by Crippen LogP contribution is -2.32. The van der Waals surface area contributed by atoms with Crippen LogP contribution in [0.5, 0.6) is 0 Å². The van der Waals surface area contributed by atoms with Crippen LogP contribution < -0.4 is 5.32 Å². The van der Waals surface area contributed by atoms with Crippen LogP contribution in [0, 0.1) is 0 Å². The number of ether oxygens (including phenoxy) is 2. The minimum Gasteiger partial charge on any atom is -0.468 e. The molecule has 2 atom stereocenters. The van der Waals surface area contributed by atoms with E-state index in [0.29, 0.717) is 26.4 Å². The van der Waals surface area contributed by atoms with E-state index in [2.05, 4.69) is 5.32 Å². The first kappa shape index (κ1) is 16.2. The maximum absolute atomic E-state index is 9.75. The van der Waals surface area contributed by atoms with Gasteiger partial charge in [0.15, 0.2) is 0 Å². The topological polar surface area (TPSA) is 63.9 Å². The highest BCUT2D eigenvalue weighted by atomic mass is 16.5. The van der Waals surface area contributed by atoms with Crippen molar-refractivity contribution in [2.24, 2.45) is 0 Å². The summed E-state index contributed by atoms with van der Waals surface area (Å²) in [6.07, 6.45) is 1.32. The Labute approximate surface area is 114 Å². The van der Waals surface area contributed by atoms with Crippen molar-refractivity contribution in [2.75, 3.05) is 26.4 Å². The third-order valence-corrected chi connectivity index (χ3v) is 2.62. The first-order valence-electron chi connectivity index (χ1n) is 6.73. The molecule has 0 aliphatic carbocycles. The molecular weight excluding hydrogens is 246 g/mol. The van der Waals surface area contributed by atoms with E-state index < -0.39 is 6.10 Å². The summed E-state index contributed by atoms with van der Waals surface area (Å²) >= 11 is 0. The summed E-state index contributed by atoms with van der Waals surface area (Å²) in [6.45, 7) is 7.78. The highest BCUT2D eigenvalue weighted by Crippen LogP contribution is 2.11. The van der Waals surface area contributed by atoms with Gasteiger partial charge in [-0.05, 0) is 32.9 Å². The lowest BCUT2D eigenvalue weighted by Gasteiger charge is -2.16. The standard InChI is InChI=1S/C14H25NO4/c1-11(2)18-8-7-17-10-13(16)9-15-12(3)14-5-4-6-19-14/h4-6,11-13,15-16H,7-10H2,1-3H3/t12-,13?/m0/s1. The zero-order valence-electron chi connectivity index (χ0n) is 12.0. The maximum atomic E-state index is 9.75. The van der Waals surface area contributed by atoms with Gasteiger partial charge in [-0.3, -0.25) is 0 Å². The van der Waals surface area contributed by atoms with Crippen molar-refractivity contribution in [3.63, 3.8) is 0 Å². The van der Waals surface area contributed by atoms with Gasteiger partial charge >= 0.3 is 0 Å². The van der Waals surface area contributed by atoms with Gasteiger partial charge in [0.05, 0.1) is 44.3 Å². The molecule has 0 saturated heterocycles. The van der Waals surface area contributed by atoms with Gasteiger partial charge in [-0.2, -0.15) is 0 Å². The summed E-state index contributed by atoms with van der Waals surface area (Å²) < 4.78 is 15.9. The molecule has 5 heteroatoms. The van der Waals surface area contributed by atoms with Crippen LogP contribution in [0.1, 0.15) is 32.6 Å². The molecule has 110 valence electrons. The molecule has 5 nitrogen and oxygen atoms in total. The summed E-state index contributed by atoms with van der Waals surface area (Å²) in [4.78, 5) is 0. The Morgan fingerprint density at radius 3 is 2.74 bits per heavy atom. The molecule has 2 N–H and O–H groups in total. The molecule has 1 aromatic heterocycles. The monoisotopic (exact) mass is 271 g/mol. The lowest BCUT2D eigenvalue weighted by atomic mass is 10.2. The Balaban J connectivity index is 2.03. The SMILES string of the molecule is CC(C)OCCOCC(O)CN[C@@H](C)c1ccco1. The number of hydrogen-bond acceptors (Lipinski definition) is 5. The molecule has 1 unspecified atom stereocenters. The molecule has 19 heavy (non-hydrogen) atoms. The van der Waals surface area contributed by atoms with Crippen LogP contribution in [-0.2, 0) is 9.47 Å². The van der Waals surface area contributed by atoms with Gasteiger partial charge in [0.25, 0.3) is 0 Å². The van der Waals surface area contributed by atoms with Gasteiger partial charge in [0.1, 0.15) is 5.76 Å². The smallest absolute Gasteiger partial charge is 0.120 e. The van der Waals surface area contributed by atoms with Crippen molar-refractivity contribution in [2.45, 2.75) is 39.0 Å². The van der Waals surface area contributed by atoms with Crippen LogP contribution in [0.3, 0.4) is 0 Å². The summed E-state index contributed by atoms with van der Waals surface area (Å²) in [5.74, 6) is 0.860. The minimum absolute atomic E-state index is 0.0777. The van der Waals surface area contributed by atoms with E-state index >= 15 is 0 Å². The van der Waals surface area contributed by atoms with Crippen molar-refractivity contribution in [3.8, 4) is 0 Å². The highest BCUT2D eigenvalue weighted by Gasteiger charge is 2.10. The fourth-order valence-electron chi connectivity index (χ4n) is 1.57. The van der Waals surface area contributed by atoms with Crippen molar-refractivity contribution < 1.29 is 19.0 Å². The van der Waals surface area contributed by atoms with Crippen LogP contribution in [0.25, 0.3) is 0 Å². The molecule has 0 amide bonds. The Morgan fingerprint density at radius 2 is 2.11 bits per heavy atom. The Bertz CT molecular complexity index is 313. The molecule has 0 bridgehead atoms. The molecule has 0 radical (unpaired) electrons. The number of aliphatic hydroxyl groups excluding tert-OH is 1. The third kappa shape index (κ3) is 7.32. The Morgan fingerprint density at radius 1 is 1.32 bits per heavy atom. The van der Waals surface area contributed by atoms with E-state index in [0.717, 1.165) is 5.76 Å². The van der Waals surface area contributed by atoms with E-state index in [9.17, 15) is 5.11 Å². The Kier molecular flexibility index (Phi) is 7.74. The fraction of sp³-hybridized carbons (Fsp3) is 0.714. The lowest BCUT2D eigenvalue weighted by molar-refractivity contribution is -0.0105. The van der Waals surface area contributed by atoms with Gasteiger partial charge < -0.3 is 24.3 Å². The van der Waals surface area contributed by atoms with Gasteiger partial charge in [0, 0.05) is 6.54 Å². The second kappa shape index (κ2) is 9.09. The highest BCUT2D eigenvalue weighted by molar-refractivity contribution is 5.02. The summed E-state index contributed by atoms with van der Waals surface area (Å²) in [7, 11) is 0. The summed E-state index contributed by atoms with van der Waals surface area (Å²) in [5, 5.41) is 12.9. The zero-order chi connectivity index (χ0) is 14.1. The first-order valence-corrected chi connectivity index (χ1v) is 6.73. The second-order valence-electron chi connectivity index (χ2n) is 4.79. The quantitative estimate of drug-likeness (QED) is 0.635. The molecular formula is C14H25NO4. The van der Waals surface area contributed by atoms with E-state index in [-0.39, 0.29) is 12.1 Å². The van der Waals surface area contributed by atoms with Crippen LogP contribution >= 0.6 is 0 Å². The van der Waals surface area contributed by atoms with Crippen LogP contribution in [0.15, 0.2) is 22.8 Å². The molecule has 0 fully saturated rings.